The number of piperidine rings is 1. The highest BCUT2D eigenvalue weighted by Gasteiger charge is 2.31. The number of aromatic nitrogens is 2. The summed E-state index contributed by atoms with van der Waals surface area (Å²) in [6.45, 7) is 3.53. The fraction of sp³-hybridized carbons (Fsp3) is 0.583. The van der Waals surface area contributed by atoms with Gasteiger partial charge in [0.15, 0.2) is 0 Å². The Balaban J connectivity index is 1.31. The SMILES string of the molecule is Cn1c(=O)n(C2CCC(=O)NC2=O)c2ccc(CCOCCOCCOCCOCCNC(=O)O)cc21. The number of benzene rings is 1. The van der Waals surface area contributed by atoms with Gasteiger partial charge in [-0.15, -0.1) is 0 Å². The van der Waals surface area contributed by atoms with Crippen molar-refractivity contribution < 1.29 is 38.4 Å². The number of carboxylic acid groups (broad SMARTS) is 1. The summed E-state index contributed by atoms with van der Waals surface area (Å²) in [5.41, 5.74) is 2.08. The van der Waals surface area contributed by atoms with E-state index in [1.165, 1.54) is 9.13 Å². The highest BCUT2D eigenvalue weighted by molar-refractivity contribution is 6.00. The number of amides is 3. The van der Waals surface area contributed by atoms with Gasteiger partial charge in [0.25, 0.3) is 0 Å². The summed E-state index contributed by atoms with van der Waals surface area (Å²) in [5, 5.41) is 12.9. The average molecular weight is 523 g/mol. The number of aryl methyl sites for hydroxylation is 1. The molecule has 3 N–H and O–H groups in total. The van der Waals surface area contributed by atoms with Gasteiger partial charge in [-0.25, -0.2) is 9.59 Å². The van der Waals surface area contributed by atoms with Crippen molar-refractivity contribution in [2.45, 2.75) is 25.3 Å². The molecule has 3 amide bonds. The molecule has 0 aliphatic carbocycles. The predicted molar refractivity (Wildman–Crippen MR) is 132 cm³/mol. The Labute approximate surface area is 213 Å². The zero-order valence-electron chi connectivity index (χ0n) is 20.9. The number of imide groups is 1. The highest BCUT2D eigenvalue weighted by atomic mass is 16.6. The van der Waals surface area contributed by atoms with Crippen LogP contribution in [0.3, 0.4) is 0 Å². The van der Waals surface area contributed by atoms with E-state index < -0.39 is 18.0 Å². The Morgan fingerprint density at radius 1 is 0.973 bits per heavy atom. The van der Waals surface area contributed by atoms with Crippen molar-refractivity contribution in [3.8, 4) is 0 Å². The molecule has 0 bridgehead atoms. The van der Waals surface area contributed by atoms with E-state index in [4.69, 9.17) is 24.1 Å². The fourth-order valence-corrected chi connectivity index (χ4v) is 3.98. The largest absolute Gasteiger partial charge is 0.465 e. The number of imidazole rings is 1. The Kier molecular flexibility index (Phi) is 11.1. The summed E-state index contributed by atoms with van der Waals surface area (Å²) in [4.78, 5) is 46.9. The maximum absolute atomic E-state index is 12.8. The van der Waals surface area contributed by atoms with E-state index in [-0.39, 0.29) is 24.6 Å². The second-order valence-corrected chi connectivity index (χ2v) is 8.43. The monoisotopic (exact) mass is 522 g/mol. The van der Waals surface area contributed by atoms with Crippen LogP contribution in [0.15, 0.2) is 23.0 Å². The number of nitrogens with zero attached hydrogens (tertiary/aromatic N) is 2. The molecule has 204 valence electrons. The van der Waals surface area contributed by atoms with Crippen LogP contribution < -0.4 is 16.3 Å². The fourth-order valence-electron chi connectivity index (χ4n) is 3.98. The molecule has 3 rings (SSSR count). The molecular formula is C24H34N4O9. The molecule has 0 radical (unpaired) electrons. The van der Waals surface area contributed by atoms with Crippen molar-refractivity contribution in [2.75, 3.05) is 59.4 Å². The third-order valence-corrected chi connectivity index (χ3v) is 5.85. The van der Waals surface area contributed by atoms with E-state index in [1.807, 2.05) is 18.2 Å². The molecule has 1 aliphatic rings. The van der Waals surface area contributed by atoms with Crippen molar-refractivity contribution in [3.05, 3.63) is 34.2 Å². The zero-order valence-corrected chi connectivity index (χ0v) is 20.9. The van der Waals surface area contributed by atoms with Crippen LogP contribution in [0.2, 0.25) is 0 Å². The van der Waals surface area contributed by atoms with Gasteiger partial charge in [0.2, 0.25) is 11.8 Å². The number of carbonyl (C=O) groups is 3. The van der Waals surface area contributed by atoms with Crippen LogP contribution >= 0.6 is 0 Å². The number of hydrogen-bond donors (Lipinski definition) is 3. The molecule has 13 nitrogen and oxygen atoms in total. The number of fused-ring (bicyclic) bond motifs is 1. The van der Waals surface area contributed by atoms with Gasteiger partial charge in [0.1, 0.15) is 6.04 Å². The first-order valence-corrected chi connectivity index (χ1v) is 12.2. The van der Waals surface area contributed by atoms with E-state index in [9.17, 15) is 19.2 Å². The minimum atomic E-state index is -1.07. The number of hydrogen-bond acceptors (Lipinski definition) is 8. The van der Waals surface area contributed by atoms with E-state index in [0.29, 0.717) is 71.2 Å². The highest BCUT2D eigenvalue weighted by Crippen LogP contribution is 2.23. The van der Waals surface area contributed by atoms with Gasteiger partial charge in [-0.05, 0) is 30.5 Å². The van der Waals surface area contributed by atoms with Crippen molar-refractivity contribution in [1.29, 1.82) is 0 Å². The van der Waals surface area contributed by atoms with Crippen molar-refractivity contribution in [3.63, 3.8) is 0 Å². The Morgan fingerprint density at radius 2 is 1.59 bits per heavy atom. The second-order valence-electron chi connectivity index (χ2n) is 8.43. The number of ether oxygens (including phenoxy) is 4. The summed E-state index contributed by atoms with van der Waals surface area (Å²) < 4.78 is 24.6. The molecule has 2 heterocycles. The Morgan fingerprint density at radius 3 is 2.22 bits per heavy atom. The van der Waals surface area contributed by atoms with Gasteiger partial charge < -0.3 is 29.4 Å². The summed E-state index contributed by atoms with van der Waals surface area (Å²) in [7, 11) is 1.67. The first-order chi connectivity index (χ1) is 17.9. The normalized spacial score (nSPS) is 15.8. The second kappa shape index (κ2) is 14.5. The first-order valence-electron chi connectivity index (χ1n) is 12.2. The van der Waals surface area contributed by atoms with Crippen LogP contribution in [-0.2, 0) is 42.0 Å². The molecule has 13 heteroatoms. The van der Waals surface area contributed by atoms with Gasteiger partial charge in [-0.3, -0.25) is 24.0 Å². The lowest BCUT2D eigenvalue weighted by molar-refractivity contribution is -0.135. The zero-order chi connectivity index (χ0) is 26.6. The van der Waals surface area contributed by atoms with Gasteiger partial charge in [-0.1, -0.05) is 6.07 Å². The molecule has 1 saturated heterocycles. The number of carbonyl (C=O) groups excluding carboxylic acids is 2. The third-order valence-electron chi connectivity index (χ3n) is 5.85. The maximum Gasteiger partial charge on any atom is 0.404 e. The molecule has 0 spiro atoms. The molecule has 1 aromatic heterocycles. The summed E-state index contributed by atoms with van der Waals surface area (Å²) in [6, 6.07) is 4.96. The minimum Gasteiger partial charge on any atom is -0.465 e. The molecule has 1 atom stereocenters. The summed E-state index contributed by atoms with van der Waals surface area (Å²) >= 11 is 0. The topological polar surface area (TPSA) is 159 Å². The maximum atomic E-state index is 12.8. The van der Waals surface area contributed by atoms with E-state index in [1.54, 1.807) is 7.05 Å². The lowest BCUT2D eigenvalue weighted by atomic mass is 10.1. The lowest BCUT2D eigenvalue weighted by Gasteiger charge is -2.21. The molecule has 37 heavy (non-hydrogen) atoms. The molecular weight excluding hydrogens is 488 g/mol. The molecule has 1 fully saturated rings. The Hall–Kier alpha value is -3.26. The van der Waals surface area contributed by atoms with E-state index in [0.717, 1.165) is 11.1 Å². The number of rotatable bonds is 16. The van der Waals surface area contributed by atoms with Crippen molar-refractivity contribution in [2.24, 2.45) is 7.05 Å². The van der Waals surface area contributed by atoms with Crippen molar-refractivity contribution in [1.82, 2.24) is 19.8 Å². The first kappa shape index (κ1) is 28.3. The van der Waals surface area contributed by atoms with Crippen LogP contribution in [0.25, 0.3) is 11.0 Å². The van der Waals surface area contributed by atoms with Crippen LogP contribution in [0.1, 0.15) is 24.4 Å². The van der Waals surface area contributed by atoms with Crippen LogP contribution in [-0.4, -0.2) is 91.5 Å². The van der Waals surface area contributed by atoms with Gasteiger partial charge in [0.05, 0.1) is 63.9 Å². The molecule has 0 saturated carbocycles. The number of nitrogens with one attached hydrogen (secondary N) is 2. The third kappa shape index (κ3) is 8.39. The minimum absolute atomic E-state index is 0.204. The van der Waals surface area contributed by atoms with Gasteiger partial charge in [-0.2, -0.15) is 0 Å². The molecule has 1 unspecified atom stereocenters. The predicted octanol–water partition coefficient (Wildman–Crippen LogP) is 0.194. The van der Waals surface area contributed by atoms with Crippen molar-refractivity contribution >= 4 is 28.9 Å². The molecule has 1 aromatic carbocycles. The standard InChI is InChI=1S/C24H34N4O9/c1-27-20-16-17(2-3-18(20)28(24(27)33)19-4-5-21(29)26-22(19)30)6-8-34-10-12-36-14-15-37-13-11-35-9-7-25-23(31)32/h2-3,16,19,25H,4-15H2,1H3,(H,31,32)(H,26,29,30). The van der Waals surface area contributed by atoms with E-state index in [2.05, 4.69) is 10.6 Å². The smallest absolute Gasteiger partial charge is 0.404 e. The average Bonchev–Trinajstić information content (AvgIpc) is 3.11. The quantitative estimate of drug-likeness (QED) is 0.207. The summed E-state index contributed by atoms with van der Waals surface area (Å²) in [6.07, 6.45) is 0.0833. The molecule has 2 aromatic rings. The Bertz CT molecular complexity index is 1130. The lowest BCUT2D eigenvalue weighted by Crippen LogP contribution is -2.44. The van der Waals surface area contributed by atoms with Crippen LogP contribution in [0.5, 0.6) is 0 Å². The van der Waals surface area contributed by atoms with Gasteiger partial charge in [0, 0.05) is 20.0 Å². The molecule has 1 aliphatic heterocycles. The van der Waals surface area contributed by atoms with Crippen LogP contribution in [0.4, 0.5) is 4.79 Å². The van der Waals surface area contributed by atoms with Gasteiger partial charge >= 0.3 is 11.8 Å². The van der Waals surface area contributed by atoms with E-state index >= 15 is 0 Å². The van der Waals surface area contributed by atoms with Crippen LogP contribution in [0, 0.1) is 0 Å². The summed E-state index contributed by atoms with van der Waals surface area (Å²) in [5.74, 6) is -0.768.